The number of hydrogen-bond acceptors (Lipinski definition) is 6. The third-order valence-corrected chi connectivity index (χ3v) is 2.85. The molecule has 0 radical (unpaired) electrons. The van der Waals surface area contributed by atoms with Gasteiger partial charge in [-0.2, -0.15) is 0 Å². The lowest BCUT2D eigenvalue weighted by atomic mass is 10.3. The molecule has 1 aliphatic heterocycles. The molecule has 0 aromatic carbocycles. The minimum atomic E-state index is -0.560. The molecule has 1 saturated heterocycles. The summed E-state index contributed by atoms with van der Waals surface area (Å²) in [5, 5.41) is 16.5. The Morgan fingerprint density at radius 2 is 2.21 bits per heavy atom. The summed E-state index contributed by atoms with van der Waals surface area (Å²) in [4.78, 5) is 27.2. The molecule has 2 rings (SSSR count). The maximum Gasteiger partial charge on any atom is 0.363 e. The molecule has 2 N–H and O–H groups in total. The van der Waals surface area contributed by atoms with Gasteiger partial charge in [-0.05, 0) is 16.0 Å². The predicted molar refractivity (Wildman–Crippen MR) is 68.8 cm³/mol. The van der Waals surface area contributed by atoms with Crippen molar-refractivity contribution in [3.8, 4) is 0 Å². The van der Waals surface area contributed by atoms with E-state index in [-0.39, 0.29) is 18.3 Å². The van der Waals surface area contributed by atoms with E-state index in [1.165, 1.54) is 18.3 Å². The molecule has 102 valence electrons. The second kappa shape index (κ2) is 6.10. The van der Waals surface area contributed by atoms with Gasteiger partial charge in [0.2, 0.25) is 5.91 Å². The van der Waals surface area contributed by atoms with E-state index in [4.69, 9.17) is 0 Å². The molecule has 1 amide bonds. The lowest BCUT2D eigenvalue weighted by molar-refractivity contribution is -0.389. The van der Waals surface area contributed by atoms with Crippen molar-refractivity contribution in [3.63, 3.8) is 0 Å². The molecule has 19 heavy (non-hydrogen) atoms. The molecule has 0 bridgehead atoms. The molecule has 1 fully saturated rings. The highest BCUT2D eigenvalue weighted by Gasteiger charge is 2.15. The van der Waals surface area contributed by atoms with E-state index in [0.29, 0.717) is 18.8 Å². The minimum absolute atomic E-state index is 0.0138. The molecule has 1 aliphatic rings. The van der Waals surface area contributed by atoms with Crippen LogP contribution in [0.25, 0.3) is 0 Å². The van der Waals surface area contributed by atoms with Crippen molar-refractivity contribution in [3.05, 3.63) is 28.4 Å². The van der Waals surface area contributed by atoms with Crippen LogP contribution in [0.15, 0.2) is 18.3 Å². The van der Waals surface area contributed by atoms with Gasteiger partial charge in [0, 0.05) is 32.2 Å². The Morgan fingerprint density at radius 1 is 1.47 bits per heavy atom. The molecule has 1 aromatic heterocycles. The third kappa shape index (κ3) is 3.62. The van der Waals surface area contributed by atoms with Gasteiger partial charge in [-0.1, -0.05) is 0 Å². The standard InChI is InChI=1S/C11H15N5O3/c17-11(15-5-3-12-4-6-15)8-13-9-1-2-10(14-7-9)16(18)19/h1-2,7,12-13H,3-6,8H2. The highest BCUT2D eigenvalue weighted by Crippen LogP contribution is 2.11. The number of anilines is 1. The second-order valence-corrected chi connectivity index (χ2v) is 4.15. The Bertz CT molecular complexity index is 456. The molecule has 0 unspecified atom stereocenters. The number of amides is 1. The Labute approximate surface area is 110 Å². The van der Waals surface area contributed by atoms with Crippen molar-refractivity contribution in [1.82, 2.24) is 15.2 Å². The van der Waals surface area contributed by atoms with Crippen LogP contribution in [0.5, 0.6) is 0 Å². The summed E-state index contributed by atoms with van der Waals surface area (Å²) < 4.78 is 0. The fourth-order valence-electron chi connectivity index (χ4n) is 1.80. The maximum atomic E-state index is 11.9. The summed E-state index contributed by atoms with van der Waals surface area (Å²) in [5.74, 6) is -0.196. The van der Waals surface area contributed by atoms with Crippen LogP contribution in [-0.4, -0.2) is 53.4 Å². The number of nitrogens with one attached hydrogen (secondary N) is 2. The Morgan fingerprint density at radius 3 is 2.79 bits per heavy atom. The van der Waals surface area contributed by atoms with Crippen molar-refractivity contribution in [1.29, 1.82) is 0 Å². The van der Waals surface area contributed by atoms with E-state index in [9.17, 15) is 14.9 Å². The number of hydrogen-bond donors (Lipinski definition) is 2. The summed E-state index contributed by atoms with van der Waals surface area (Å²) >= 11 is 0. The van der Waals surface area contributed by atoms with Crippen molar-refractivity contribution >= 4 is 17.4 Å². The average Bonchev–Trinajstić information content (AvgIpc) is 2.46. The van der Waals surface area contributed by atoms with Crippen LogP contribution in [0.3, 0.4) is 0 Å². The zero-order valence-electron chi connectivity index (χ0n) is 10.3. The van der Waals surface area contributed by atoms with Gasteiger partial charge in [0.1, 0.15) is 0 Å². The van der Waals surface area contributed by atoms with Gasteiger partial charge < -0.3 is 25.6 Å². The van der Waals surface area contributed by atoms with Gasteiger partial charge >= 0.3 is 5.82 Å². The molecule has 0 saturated carbocycles. The van der Waals surface area contributed by atoms with Crippen LogP contribution >= 0.6 is 0 Å². The molecular weight excluding hydrogens is 250 g/mol. The number of carbonyl (C=O) groups is 1. The van der Waals surface area contributed by atoms with E-state index in [1.807, 2.05) is 0 Å². The fraction of sp³-hybridized carbons (Fsp3) is 0.455. The smallest absolute Gasteiger partial charge is 0.363 e. The molecule has 0 aliphatic carbocycles. The van der Waals surface area contributed by atoms with Gasteiger partial charge in [0.05, 0.1) is 12.2 Å². The van der Waals surface area contributed by atoms with E-state index < -0.39 is 4.92 Å². The molecule has 0 spiro atoms. The number of rotatable bonds is 4. The van der Waals surface area contributed by atoms with E-state index in [0.717, 1.165) is 13.1 Å². The number of piperazine rings is 1. The second-order valence-electron chi connectivity index (χ2n) is 4.15. The van der Waals surface area contributed by atoms with Crippen molar-refractivity contribution in [2.75, 3.05) is 38.0 Å². The lowest BCUT2D eigenvalue weighted by Crippen LogP contribution is -2.48. The summed E-state index contributed by atoms with van der Waals surface area (Å²) in [7, 11) is 0. The number of nitrogens with zero attached hydrogens (tertiary/aromatic N) is 3. The molecule has 8 nitrogen and oxygen atoms in total. The maximum absolute atomic E-state index is 11.9. The quantitative estimate of drug-likeness (QED) is 0.579. The highest BCUT2D eigenvalue weighted by atomic mass is 16.6. The summed E-state index contributed by atoms with van der Waals surface area (Å²) in [6, 6.07) is 2.84. The normalized spacial score (nSPS) is 15.1. The monoisotopic (exact) mass is 265 g/mol. The Hall–Kier alpha value is -2.22. The summed E-state index contributed by atoms with van der Waals surface area (Å²) in [6.07, 6.45) is 1.35. The molecule has 8 heteroatoms. The zero-order valence-corrected chi connectivity index (χ0v) is 10.3. The largest absolute Gasteiger partial charge is 0.373 e. The third-order valence-electron chi connectivity index (χ3n) is 2.85. The Kier molecular flexibility index (Phi) is 4.24. The van der Waals surface area contributed by atoms with Crippen LogP contribution in [-0.2, 0) is 4.79 Å². The van der Waals surface area contributed by atoms with Crippen LogP contribution < -0.4 is 10.6 Å². The highest BCUT2D eigenvalue weighted by molar-refractivity contribution is 5.80. The number of carbonyl (C=O) groups excluding carboxylic acids is 1. The molecular formula is C11H15N5O3. The first kappa shape index (κ1) is 13.2. The lowest BCUT2D eigenvalue weighted by Gasteiger charge is -2.27. The minimum Gasteiger partial charge on any atom is -0.373 e. The Balaban J connectivity index is 1.84. The average molecular weight is 265 g/mol. The molecule has 2 heterocycles. The van der Waals surface area contributed by atoms with Gasteiger partial charge in [0.15, 0.2) is 6.20 Å². The van der Waals surface area contributed by atoms with Crippen molar-refractivity contribution in [2.24, 2.45) is 0 Å². The fourth-order valence-corrected chi connectivity index (χ4v) is 1.80. The van der Waals surface area contributed by atoms with Gasteiger partial charge in [0.25, 0.3) is 0 Å². The van der Waals surface area contributed by atoms with E-state index in [2.05, 4.69) is 15.6 Å². The van der Waals surface area contributed by atoms with E-state index in [1.54, 1.807) is 4.90 Å². The summed E-state index contributed by atoms with van der Waals surface area (Å²) in [6.45, 7) is 3.20. The van der Waals surface area contributed by atoms with Gasteiger partial charge in [-0.25, -0.2) is 0 Å². The first-order chi connectivity index (χ1) is 9.16. The van der Waals surface area contributed by atoms with Crippen LogP contribution in [0, 0.1) is 10.1 Å². The van der Waals surface area contributed by atoms with E-state index >= 15 is 0 Å². The van der Waals surface area contributed by atoms with Gasteiger partial charge in [-0.15, -0.1) is 0 Å². The number of nitro groups is 1. The zero-order chi connectivity index (χ0) is 13.7. The topological polar surface area (TPSA) is 100 Å². The van der Waals surface area contributed by atoms with Gasteiger partial charge in [-0.3, -0.25) is 4.79 Å². The molecule has 1 aromatic rings. The first-order valence-electron chi connectivity index (χ1n) is 5.99. The first-order valence-corrected chi connectivity index (χ1v) is 5.99. The SMILES string of the molecule is O=C(CNc1ccc([N+](=O)[O-])nc1)N1CCNCC1. The number of aromatic nitrogens is 1. The van der Waals surface area contributed by atoms with Crippen LogP contribution in [0.4, 0.5) is 11.5 Å². The summed E-state index contributed by atoms with van der Waals surface area (Å²) in [5.41, 5.74) is 0.592. The van der Waals surface area contributed by atoms with Crippen molar-refractivity contribution in [2.45, 2.75) is 0 Å². The van der Waals surface area contributed by atoms with Crippen LogP contribution in [0.2, 0.25) is 0 Å². The molecule has 0 atom stereocenters. The van der Waals surface area contributed by atoms with Crippen molar-refractivity contribution < 1.29 is 9.72 Å². The number of pyridine rings is 1. The predicted octanol–water partition coefficient (Wildman–Crippen LogP) is -0.167. The van der Waals surface area contributed by atoms with Crippen LogP contribution in [0.1, 0.15) is 0 Å².